The highest BCUT2D eigenvalue weighted by Gasteiger charge is 2.10. The Labute approximate surface area is 91.4 Å². The number of hydrogen-bond acceptors (Lipinski definition) is 3. The van der Waals surface area contributed by atoms with E-state index in [0.717, 1.165) is 38.5 Å². The van der Waals surface area contributed by atoms with E-state index < -0.39 is 0 Å². The summed E-state index contributed by atoms with van der Waals surface area (Å²) in [6, 6.07) is -0.104. The number of nitrogens with zero attached hydrogens (tertiary/aromatic N) is 1. The summed E-state index contributed by atoms with van der Waals surface area (Å²) in [4.78, 5) is 0. The molecule has 1 aliphatic carbocycles. The largest absolute Gasteiger partial charge is 0.411 e. The Morgan fingerprint density at radius 2 is 1.67 bits per heavy atom. The maximum Gasteiger partial charge on any atom is 0.0740 e. The molecule has 0 saturated carbocycles. The Bertz CT molecular complexity index is 256. The molecule has 0 spiro atoms. The van der Waals surface area contributed by atoms with Crippen LogP contribution in [0.25, 0.3) is 0 Å². The maximum atomic E-state index is 8.83. The zero-order chi connectivity index (χ0) is 10.9. The maximum absolute atomic E-state index is 8.83. The zero-order valence-electron chi connectivity index (χ0n) is 9.10. The van der Waals surface area contributed by atoms with E-state index in [1.807, 2.05) is 0 Å². The van der Waals surface area contributed by atoms with Crippen molar-refractivity contribution in [2.75, 3.05) is 0 Å². The average molecular weight is 208 g/mol. The lowest BCUT2D eigenvalue weighted by Gasteiger charge is -2.11. The molecule has 1 aliphatic rings. The van der Waals surface area contributed by atoms with Gasteiger partial charge in [0, 0.05) is 6.04 Å². The minimum atomic E-state index is -0.104. The second-order valence-corrected chi connectivity index (χ2v) is 3.83. The van der Waals surface area contributed by atoms with Crippen molar-refractivity contribution in [3.63, 3.8) is 0 Å². The number of oxime groups is 1. The monoisotopic (exact) mass is 208 g/mol. The number of nitrogens with two attached hydrogens (primary N) is 1. The molecule has 15 heavy (non-hydrogen) atoms. The second kappa shape index (κ2) is 7.23. The van der Waals surface area contributed by atoms with Crippen molar-refractivity contribution >= 4 is 5.71 Å². The fourth-order valence-corrected chi connectivity index (χ4v) is 1.65. The van der Waals surface area contributed by atoms with Gasteiger partial charge in [-0.15, -0.1) is 0 Å². The van der Waals surface area contributed by atoms with E-state index in [1.165, 1.54) is 0 Å². The molecule has 0 heterocycles. The summed E-state index contributed by atoms with van der Waals surface area (Å²) in [6.45, 7) is 0. The highest BCUT2D eigenvalue weighted by molar-refractivity contribution is 5.88. The predicted octanol–water partition coefficient (Wildman–Crippen LogP) is 2.61. The van der Waals surface area contributed by atoms with Crippen LogP contribution in [-0.4, -0.2) is 17.0 Å². The van der Waals surface area contributed by atoms with Gasteiger partial charge in [-0.25, -0.2) is 0 Å². The van der Waals surface area contributed by atoms with Crippen LogP contribution in [0.1, 0.15) is 38.5 Å². The van der Waals surface area contributed by atoms with E-state index in [9.17, 15) is 0 Å². The van der Waals surface area contributed by atoms with Gasteiger partial charge in [0.2, 0.25) is 0 Å². The van der Waals surface area contributed by atoms with Gasteiger partial charge in [-0.05, 0) is 38.5 Å². The van der Waals surface area contributed by atoms with Crippen LogP contribution >= 0.6 is 0 Å². The summed E-state index contributed by atoms with van der Waals surface area (Å²) < 4.78 is 0. The van der Waals surface area contributed by atoms with Crippen molar-refractivity contribution in [3.05, 3.63) is 24.3 Å². The van der Waals surface area contributed by atoms with Crippen LogP contribution < -0.4 is 5.73 Å². The SMILES string of the molecule is NC1CC/C=C\CC/C=C\CCC1=NO. The molecule has 0 bridgehead atoms. The summed E-state index contributed by atoms with van der Waals surface area (Å²) in [5.41, 5.74) is 6.64. The van der Waals surface area contributed by atoms with Crippen molar-refractivity contribution in [2.24, 2.45) is 10.9 Å². The highest BCUT2D eigenvalue weighted by Crippen LogP contribution is 2.07. The molecule has 3 N–H and O–H groups in total. The predicted molar refractivity (Wildman–Crippen MR) is 63.2 cm³/mol. The first-order valence-electron chi connectivity index (χ1n) is 5.61. The van der Waals surface area contributed by atoms with E-state index in [2.05, 4.69) is 29.5 Å². The third-order valence-corrected chi connectivity index (χ3v) is 2.60. The molecule has 84 valence electrons. The van der Waals surface area contributed by atoms with Gasteiger partial charge in [0.05, 0.1) is 5.71 Å². The van der Waals surface area contributed by atoms with E-state index in [1.54, 1.807) is 0 Å². The molecule has 0 amide bonds. The Morgan fingerprint density at radius 1 is 1.07 bits per heavy atom. The van der Waals surface area contributed by atoms with Crippen LogP contribution in [0.3, 0.4) is 0 Å². The molecule has 1 atom stereocenters. The molecule has 0 aliphatic heterocycles. The lowest BCUT2D eigenvalue weighted by Crippen LogP contribution is -2.30. The first-order valence-corrected chi connectivity index (χ1v) is 5.61. The molecule has 3 nitrogen and oxygen atoms in total. The molecule has 0 aromatic rings. The summed E-state index contributed by atoms with van der Waals surface area (Å²) in [7, 11) is 0. The van der Waals surface area contributed by atoms with Gasteiger partial charge in [-0.1, -0.05) is 29.5 Å². The van der Waals surface area contributed by atoms with Crippen LogP contribution in [0, 0.1) is 0 Å². The van der Waals surface area contributed by atoms with E-state index in [0.29, 0.717) is 5.71 Å². The quantitative estimate of drug-likeness (QED) is 0.365. The Kier molecular flexibility index (Phi) is 5.78. The lowest BCUT2D eigenvalue weighted by molar-refractivity contribution is 0.314. The molecule has 0 radical (unpaired) electrons. The van der Waals surface area contributed by atoms with Crippen molar-refractivity contribution in [3.8, 4) is 0 Å². The average Bonchev–Trinajstić information content (AvgIpc) is 2.23. The number of rotatable bonds is 0. The van der Waals surface area contributed by atoms with Crippen molar-refractivity contribution in [1.29, 1.82) is 0 Å². The van der Waals surface area contributed by atoms with Crippen molar-refractivity contribution < 1.29 is 5.21 Å². The van der Waals surface area contributed by atoms with Crippen LogP contribution in [0.5, 0.6) is 0 Å². The standard InChI is InChI=1S/C12H20N2O/c13-11-9-7-5-3-1-2-4-6-8-10-12(11)14-15/h3-6,11,15H,1-2,7-10,13H2/b5-3-,6-4-,14-12?. The third-order valence-electron chi connectivity index (χ3n) is 2.60. The number of allylic oxidation sites excluding steroid dienone is 4. The fraction of sp³-hybridized carbons (Fsp3) is 0.583. The van der Waals surface area contributed by atoms with Crippen molar-refractivity contribution in [1.82, 2.24) is 0 Å². The van der Waals surface area contributed by atoms with Crippen LogP contribution in [-0.2, 0) is 0 Å². The fourth-order valence-electron chi connectivity index (χ4n) is 1.65. The minimum Gasteiger partial charge on any atom is -0.411 e. The Balaban J connectivity index is 2.55. The topological polar surface area (TPSA) is 58.6 Å². The molecule has 0 aromatic carbocycles. The van der Waals surface area contributed by atoms with Crippen LogP contribution in [0.4, 0.5) is 0 Å². The van der Waals surface area contributed by atoms with Gasteiger partial charge in [0.25, 0.3) is 0 Å². The first-order chi connectivity index (χ1) is 7.34. The molecule has 1 unspecified atom stereocenters. The smallest absolute Gasteiger partial charge is 0.0740 e. The normalized spacial score (nSPS) is 31.5. The van der Waals surface area contributed by atoms with Gasteiger partial charge in [0.1, 0.15) is 0 Å². The lowest BCUT2D eigenvalue weighted by atomic mass is 10.0. The first kappa shape index (κ1) is 12.0. The highest BCUT2D eigenvalue weighted by atomic mass is 16.4. The van der Waals surface area contributed by atoms with Crippen molar-refractivity contribution in [2.45, 2.75) is 44.6 Å². The Morgan fingerprint density at radius 3 is 2.33 bits per heavy atom. The van der Waals surface area contributed by atoms with E-state index >= 15 is 0 Å². The zero-order valence-corrected chi connectivity index (χ0v) is 9.10. The summed E-state index contributed by atoms with van der Waals surface area (Å²) in [6.07, 6.45) is 14.3. The van der Waals surface area contributed by atoms with E-state index in [-0.39, 0.29) is 6.04 Å². The molecule has 0 aromatic heterocycles. The molecular formula is C12H20N2O. The van der Waals surface area contributed by atoms with Crippen LogP contribution in [0.15, 0.2) is 29.5 Å². The molecule has 3 heteroatoms. The summed E-state index contributed by atoms with van der Waals surface area (Å²) in [5, 5.41) is 12.1. The molecule has 0 fully saturated rings. The minimum absolute atomic E-state index is 0.104. The van der Waals surface area contributed by atoms with Gasteiger partial charge in [0.15, 0.2) is 0 Å². The third kappa shape index (κ3) is 4.79. The molecule has 0 saturated heterocycles. The van der Waals surface area contributed by atoms with Gasteiger partial charge in [-0.2, -0.15) is 0 Å². The molecular weight excluding hydrogens is 188 g/mol. The van der Waals surface area contributed by atoms with Gasteiger partial charge in [-0.3, -0.25) is 0 Å². The van der Waals surface area contributed by atoms with Gasteiger partial charge >= 0.3 is 0 Å². The number of hydrogen-bond donors (Lipinski definition) is 2. The summed E-state index contributed by atoms with van der Waals surface area (Å²) in [5.74, 6) is 0. The van der Waals surface area contributed by atoms with E-state index in [4.69, 9.17) is 10.9 Å². The summed E-state index contributed by atoms with van der Waals surface area (Å²) >= 11 is 0. The van der Waals surface area contributed by atoms with Gasteiger partial charge < -0.3 is 10.9 Å². The molecule has 1 rings (SSSR count). The Hall–Kier alpha value is -1.09. The van der Waals surface area contributed by atoms with Crippen LogP contribution in [0.2, 0.25) is 0 Å². The second-order valence-electron chi connectivity index (χ2n) is 3.83.